The highest BCUT2D eigenvalue weighted by Gasteiger charge is 2.41. The lowest BCUT2D eigenvalue weighted by Gasteiger charge is -2.41. The molecule has 3 atom stereocenters. The number of likely N-dealkylation sites (tertiary alicyclic amines) is 1. The van der Waals surface area contributed by atoms with Crippen molar-refractivity contribution in [3.63, 3.8) is 0 Å². The highest BCUT2D eigenvalue weighted by Crippen LogP contribution is 2.40. The van der Waals surface area contributed by atoms with E-state index in [1.165, 1.54) is 0 Å². The number of nitrogens with zero attached hydrogens (tertiary/aromatic N) is 3. The number of hydrogen-bond donors (Lipinski definition) is 1. The molecule has 3 fully saturated rings. The van der Waals surface area contributed by atoms with Gasteiger partial charge in [-0.25, -0.2) is 0 Å². The lowest BCUT2D eigenvalue weighted by Crippen LogP contribution is -2.55. The average Bonchev–Trinajstić information content (AvgIpc) is 3.31. The van der Waals surface area contributed by atoms with Gasteiger partial charge in [0, 0.05) is 30.5 Å². The van der Waals surface area contributed by atoms with Gasteiger partial charge in [-0.2, -0.15) is 4.98 Å². The fraction of sp³-hybridized carbons (Fsp3) is 0.833. The lowest BCUT2D eigenvalue weighted by atomic mass is 9.73. The van der Waals surface area contributed by atoms with E-state index in [0.717, 1.165) is 69.6 Å². The fourth-order valence-corrected chi connectivity index (χ4v) is 4.28. The van der Waals surface area contributed by atoms with Gasteiger partial charge in [0.25, 0.3) is 0 Å². The summed E-state index contributed by atoms with van der Waals surface area (Å²) >= 11 is 0. The van der Waals surface area contributed by atoms with Gasteiger partial charge in [0.1, 0.15) is 0 Å². The van der Waals surface area contributed by atoms with Gasteiger partial charge >= 0.3 is 0 Å². The summed E-state index contributed by atoms with van der Waals surface area (Å²) in [4.78, 5) is 19.6. The minimum absolute atomic E-state index is 0. The SMILES string of the molecule is CC1(N)CCCCC1C(=O)N1CCCC(c2noc(C3CC3)n2)C1.Cl. The van der Waals surface area contributed by atoms with Gasteiger partial charge in [0.2, 0.25) is 11.8 Å². The minimum atomic E-state index is -0.367. The van der Waals surface area contributed by atoms with Crippen molar-refractivity contribution < 1.29 is 9.32 Å². The van der Waals surface area contributed by atoms with Crippen molar-refractivity contribution in [2.45, 2.75) is 75.7 Å². The van der Waals surface area contributed by atoms with Crippen molar-refractivity contribution in [1.82, 2.24) is 15.0 Å². The maximum absolute atomic E-state index is 13.1. The molecule has 0 bridgehead atoms. The molecule has 1 aromatic rings. The van der Waals surface area contributed by atoms with Crippen molar-refractivity contribution in [3.8, 4) is 0 Å². The van der Waals surface area contributed by atoms with Crippen molar-refractivity contribution >= 4 is 18.3 Å². The highest BCUT2D eigenvalue weighted by molar-refractivity contribution is 5.85. The van der Waals surface area contributed by atoms with Crippen molar-refractivity contribution in [2.75, 3.05) is 13.1 Å². The molecule has 0 aromatic carbocycles. The number of carbonyl (C=O) groups excluding carboxylic acids is 1. The Labute approximate surface area is 155 Å². The molecule has 1 aromatic heterocycles. The van der Waals surface area contributed by atoms with E-state index in [1.807, 2.05) is 11.8 Å². The molecule has 6 nitrogen and oxygen atoms in total. The zero-order valence-electron chi connectivity index (χ0n) is 14.9. The predicted octanol–water partition coefficient (Wildman–Crippen LogP) is 2.98. The van der Waals surface area contributed by atoms with Crippen LogP contribution in [0.4, 0.5) is 0 Å². The smallest absolute Gasteiger partial charge is 0.229 e. The third-order valence-corrected chi connectivity index (χ3v) is 6.03. The average molecular weight is 369 g/mol. The maximum atomic E-state index is 13.1. The molecule has 1 amide bonds. The van der Waals surface area contributed by atoms with Crippen LogP contribution in [-0.2, 0) is 4.79 Å². The second kappa shape index (κ2) is 7.23. The number of nitrogens with two attached hydrogens (primary N) is 1. The molecule has 25 heavy (non-hydrogen) atoms. The molecule has 0 radical (unpaired) electrons. The molecular formula is C18H29ClN4O2. The van der Waals surface area contributed by atoms with E-state index >= 15 is 0 Å². The number of carbonyl (C=O) groups is 1. The van der Waals surface area contributed by atoms with Gasteiger partial charge in [-0.15, -0.1) is 12.4 Å². The Kier molecular flexibility index (Phi) is 5.40. The van der Waals surface area contributed by atoms with Crippen LogP contribution < -0.4 is 5.73 Å². The summed E-state index contributed by atoms with van der Waals surface area (Å²) in [6.45, 7) is 3.57. The molecule has 140 valence electrons. The molecule has 3 aliphatic rings. The first kappa shape index (κ1) is 18.6. The van der Waals surface area contributed by atoms with Crippen LogP contribution in [0.15, 0.2) is 4.52 Å². The van der Waals surface area contributed by atoms with Crippen molar-refractivity contribution in [2.24, 2.45) is 11.7 Å². The van der Waals surface area contributed by atoms with Crippen LogP contribution in [0.3, 0.4) is 0 Å². The molecule has 2 saturated carbocycles. The van der Waals surface area contributed by atoms with Crippen LogP contribution in [0.5, 0.6) is 0 Å². The monoisotopic (exact) mass is 368 g/mol. The normalized spacial score (nSPS) is 33.0. The van der Waals surface area contributed by atoms with Gasteiger partial charge in [0.05, 0.1) is 5.92 Å². The minimum Gasteiger partial charge on any atom is -0.342 e. The number of hydrogen-bond acceptors (Lipinski definition) is 5. The van der Waals surface area contributed by atoms with E-state index in [2.05, 4.69) is 10.1 Å². The molecule has 7 heteroatoms. The Morgan fingerprint density at radius 2 is 2.00 bits per heavy atom. The molecule has 1 aliphatic heterocycles. The van der Waals surface area contributed by atoms with E-state index in [1.54, 1.807) is 0 Å². The quantitative estimate of drug-likeness (QED) is 0.886. The molecule has 2 aliphatic carbocycles. The third kappa shape index (κ3) is 3.85. The molecule has 4 rings (SSSR count). The third-order valence-electron chi connectivity index (χ3n) is 6.03. The first-order valence-electron chi connectivity index (χ1n) is 9.46. The summed E-state index contributed by atoms with van der Waals surface area (Å²) in [5.74, 6) is 2.44. The molecule has 0 spiro atoms. The summed E-state index contributed by atoms with van der Waals surface area (Å²) < 4.78 is 5.40. The lowest BCUT2D eigenvalue weighted by molar-refractivity contribution is -0.140. The van der Waals surface area contributed by atoms with Crippen LogP contribution >= 0.6 is 12.4 Å². The summed E-state index contributed by atoms with van der Waals surface area (Å²) in [6.07, 6.45) is 8.44. The Morgan fingerprint density at radius 3 is 2.72 bits per heavy atom. The van der Waals surface area contributed by atoms with Crippen molar-refractivity contribution in [3.05, 3.63) is 11.7 Å². The summed E-state index contributed by atoms with van der Waals surface area (Å²) in [5, 5.41) is 4.19. The van der Waals surface area contributed by atoms with E-state index in [9.17, 15) is 4.79 Å². The van der Waals surface area contributed by atoms with Gasteiger partial charge in [-0.3, -0.25) is 4.79 Å². The Balaban J connectivity index is 0.00000182. The van der Waals surface area contributed by atoms with Gasteiger partial charge < -0.3 is 15.2 Å². The first-order chi connectivity index (χ1) is 11.5. The maximum Gasteiger partial charge on any atom is 0.229 e. The number of piperidine rings is 1. The van der Waals surface area contributed by atoms with Gasteiger partial charge in [-0.1, -0.05) is 18.0 Å². The number of rotatable bonds is 3. The molecular weight excluding hydrogens is 340 g/mol. The largest absolute Gasteiger partial charge is 0.342 e. The van der Waals surface area contributed by atoms with E-state index in [-0.39, 0.29) is 35.7 Å². The number of amides is 1. The van der Waals surface area contributed by atoms with Crippen molar-refractivity contribution in [1.29, 1.82) is 0 Å². The topological polar surface area (TPSA) is 85.3 Å². The molecule has 3 unspecified atom stereocenters. The second-order valence-electron chi connectivity index (χ2n) is 8.19. The van der Waals surface area contributed by atoms with Crippen LogP contribution in [-0.4, -0.2) is 39.6 Å². The van der Waals surface area contributed by atoms with Crippen LogP contribution in [0.1, 0.15) is 81.8 Å². The highest BCUT2D eigenvalue weighted by atomic mass is 35.5. The standard InChI is InChI=1S/C18H28N4O2.ClH/c1-18(19)9-3-2-6-14(18)17(23)22-10-4-5-13(11-22)15-20-16(24-21-15)12-7-8-12;/h12-14H,2-11,19H2,1H3;1H. The van der Waals surface area contributed by atoms with E-state index < -0.39 is 0 Å². The van der Waals surface area contributed by atoms with Gasteiger partial charge in [-0.05, 0) is 45.4 Å². The van der Waals surface area contributed by atoms with Crippen LogP contribution in [0.25, 0.3) is 0 Å². The first-order valence-corrected chi connectivity index (χ1v) is 9.46. The Morgan fingerprint density at radius 1 is 1.20 bits per heavy atom. The van der Waals surface area contributed by atoms with Gasteiger partial charge in [0.15, 0.2) is 5.82 Å². The zero-order valence-corrected chi connectivity index (χ0v) is 15.8. The second-order valence-corrected chi connectivity index (χ2v) is 8.19. The van der Waals surface area contributed by atoms with Crippen LogP contribution in [0, 0.1) is 5.92 Å². The molecule has 1 saturated heterocycles. The van der Waals surface area contributed by atoms with E-state index in [4.69, 9.17) is 10.3 Å². The number of aromatic nitrogens is 2. The number of halogens is 1. The summed E-state index contributed by atoms with van der Waals surface area (Å²) in [7, 11) is 0. The Hall–Kier alpha value is -1.14. The van der Waals surface area contributed by atoms with Crippen LogP contribution in [0.2, 0.25) is 0 Å². The molecule has 2 heterocycles. The summed E-state index contributed by atoms with van der Waals surface area (Å²) in [5.41, 5.74) is 6.06. The predicted molar refractivity (Wildman–Crippen MR) is 96.6 cm³/mol. The zero-order chi connectivity index (χ0) is 16.7. The Bertz CT molecular complexity index is 614. The fourth-order valence-electron chi connectivity index (χ4n) is 4.28. The summed E-state index contributed by atoms with van der Waals surface area (Å²) in [6, 6.07) is 0. The molecule has 2 N–H and O–H groups in total. The van der Waals surface area contributed by atoms with E-state index in [0.29, 0.717) is 12.5 Å².